The van der Waals surface area contributed by atoms with Crippen LogP contribution in [0.25, 0.3) is 0 Å². The minimum atomic E-state index is -1.22. The van der Waals surface area contributed by atoms with E-state index in [0.29, 0.717) is 18.6 Å². The standard InChI is InChI=1S/C16H28N4O5S3/c1-28-6-4-10(18-13(21)9-3-2-5-17-9)14(22)19-11(7-26)15(23)20-12(8-27)16(24)25/h9-12,17,26-27H,2-8H2,1H3,(H,18,21)(H,19,22)(H,20,23)(H,24,25). The minimum Gasteiger partial charge on any atom is -0.480 e. The maximum absolute atomic E-state index is 12.7. The van der Waals surface area contributed by atoms with Gasteiger partial charge in [0.2, 0.25) is 17.7 Å². The number of nitrogens with one attached hydrogen (secondary N) is 4. The van der Waals surface area contributed by atoms with Gasteiger partial charge >= 0.3 is 5.97 Å². The van der Waals surface area contributed by atoms with Gasteiger partial charge in [-0.2, -0.15) is 37.0 Å². The van der Waals surface area contributed by atoms with Gasteiger partial charge in [0.1, 0.15) is 18.1 Å². The van der Waals surface area contributed by atoms with Gasteiger partial charge in [-0.25, -0.2) is 4.79 Å². The molecule has 4 atom stereocenters. The lowest BCUT2D eigenvalue weighted by molar-refractivity contribution is -0.141. The maximum atomic E-state index is 12.7. The van der Waals surface area contributed by atoms with Crippen LogP contribution in [0.2, 0.25) is 0 Å². The quantitative estimate of drug-likeness (QED) is 0.187. The highest BCUT2D eigenvalue weighted by Gasteiger charge is 2.30. The molecule has 1 heterocycles. The van der Waals surface area contributed by atoms with Gasteiger partial charge in [0, 0.05) is 11.5 Å². The zero-order valence-corrected chi connectivity index (χ0v) is 18.2. The molecule has 0 bridgehead atoms. The summed E-state index contributed by atoms with van der Waals surface area (Å²) in [6.07, 6.45) is 3.91. The van der Waals surface area contributed by atoms with Crippen LogP contribution in [0, 0.1) is 0 Å². The van der Waals surface area contributed by atoms with Crippen LogP contribution in [-0.4, -0.2) is 83.0 Å². The van der Waals surface area contributed by atoms with E-state index in [1.807, 2.05) is 6.26 Å². The average Bonchev–Trinajstić information content (AvgIpc) is 3.21. The predicted molar refractivity (Wildman–Crippen MR) is 115 cm³/mol. The molecule has 1 aliphatic rings. The zero-order valence-electron chi connectivity index (χ0n) is 15.6. The molecule has 0 aromatic carbocycles. The lowest BCUT2D eigenvalue weighted by Crippen LogP contribution is -2.57. The number of thioether (sulfide) groups is 1. The second kappa shape index (κ2) is 13.2. The van der Waals surface area contributed by atoms with Crippen molar-refractivity contribution in [2.75, 3.05) is 30.1 Å². The van der Waals surface area contributed by atoms with Gasteiger partial charge in [0.15, 0.2) is 0 Å². The molecule has 9 nitrogen and oxygen atoms in total. The fraction of sp³-hybridized carbons (Fsp3) is 0.750. The fourth-order valence-corrected chi connectivity index (χ4v) is 3.59. The van der Waals surface area contributed by atoms with E-state index >= 15 is 0 Å². The molecule has 0 saturated carbocycles. The highest BCUT2D eigenvalue weighted by atomic mass is 32.2. The summed E-state index contributed by atoms with van der Waals surface area (Å²) in [6, 6.07) is -3.32. The van der Waals surface area contributed by atoms with E-state index in [4.69, 9.17) is 5.11 Å². The van der Waals surface area contributed by atoms with Crippen molar-refractivity contribution in [1.29, 1.82) is 0 Å². The Balaban J connectivity index is 2.72. The number of thiol groups is 2. The number of hydrogen-bond donors (Lipinski definition) is 7. The number of carboxylic acid groups (broad SMARTS) is 1. The van der Waals surface area contributed by atoms with Crippen molar-refractivity contribution < 1.29 is 24.3 Å². The van der Waals surface area contributed by atoms with Crippen LogP contribution in [0.15, 0.2) is 0 Å². The maximum Gasteiger partial charge on any atom is 0.327 e. The van der Waals surface area contributed by atoms with Crippen LogP contribution in [-0.2, 0) is 19.2 Å². The van der Waals surface area contributed by atoms with Crippen molar-refractivity contribution in [3.05, 3.63) is 0 Å². The van der Waals surface area contributed by atoms with Crippen molar-refractivity contribution in [3.8, 4) is 0 Å². The monoisotopic (exact) mass is 452 g/mol. The molecular formula is C16H28N4O5S3. The lowest BCUT2D eigenvalue weighted by Gasteiger charge is -2.24. The number of carbonyl (C=O) groups excluding carboxylic acids is 3. The van der Waals surface area contributed by atoms with Crippen LogP contribution < -0.4 is 21.3 Å². The fourth-order valence-electron chi connectivity index (χ4n) is 2.61. The first kappa shape index (κ1) is 24.9. The SMILES string of the molecule is CSCCC(NC(=O)C1CCCN1)C(=O)NC(CS)C(=O)NC(CS)C(=O)O. The van der Waals surface area contributed by atoms with Crippen LogP contribution in [0.4, 0.5) is 0 Å². The Morgan fingerprint density at radius 1 is 1.07 bits per heavy atom. The van der Waals surface area contributed by atoms with E-state index in [1.54, 1.807) is 0 Å². The molecule has 0 aromatic heterocycles. The van der Waals surface area contributed by atoms with Crippen molar-refractivity contribution in [3.63, 3.8) is 0 Å². The van der Waals surface area contributed by atoms with Crippen molar-refractivity contribution in [2.45, 2.75) is 43.4 Å². The Morgan fingerprint density at radius 3 is 2.18 bits per heavy atom. The van der Waals surface area contributed by atoms with Crippen molar-refractivity contribution in [2.24, 2.45) is 0 Å². The van der Waals surface area contributed by atoms with Gasteiger partial charge in [-0.3, -0.25) is 14.4 Å². The second-order valence-corrected chi connectivity index (χ2v) is 8.03. The van der Waals surface area contributed by atoms with E-state index in [-0.39, 0.29) is 23.5 Å². The summed E-state index contributed by atoms with van der Waals surface area (Å²) in [6.45, 7) is 0.761. The van der Waals surface area contributed by atoms with Gasteiger partial charge in [-0.15, -0.1) is 0 Å². The van der Waals surface area contributed by atoms with E-state index in [9.17, 15) is 19.2 Å². The van der Waals surface area contributed by atoms with Crippen molar-refractivity contribution in [1.82, 2.24) is 21.3 Å². The Morgan fingerprint density at radius 2 is 1.68 bits per heavy atom. The summed E-state index contributed by atoms with van der Waals surface area (Å²) in [5.74, 6) is -2.11. The third kappa shape index (κ3) is 8.10. The molecule has 1 aliphatic heterocycles. The first-order valence-electron chi connectivity index (χ1n) is 8.92. The Bertz CT molecular complexity index is 560. The molecule has 1 saturated heterocycles. The molecule has 5 N–H and O–H groups in total. The predicted octanol–water partition coefficient (Wildman–Crippen LogP) is -1.11. The molecule has 1 rings (SSSR count). The molecule has 0 aromatic rings. The van der Waals surface area contributed by atoms with Crippen LogP contribution in [0.3, 0.4) is 0 Å². The van der Waals surface area contributed by atoms with E-state index in [0.717, 1.165) is 13.0 Å². The molecule has 12 heteroatoms. The minimum absolute atomic E-state index is 0.0239. The molecular weight excluding hydrogens is 424 g/mol. The molecule has 0 aliphatic carbocycles. The normalized spacial score (nSPS) is 19.3. The molecule has 28 heavy (non-hydrogen) atoms. The van der Waals surface area contributed by atoms with Gasteiger partial charge in [0.05, 0.1) is 6.04 Å². The largest absolute Gasteiger partial charge is 0.480 e. The summed E-state index contributed by atoms with van der Waals surface area (Å²) < 4.78 is 0. The lowest BCUT2D eigenvalue weighted by atomic mass is 10.1. The zero-order chi connectivity index (χ0) is 21.1. The van der Waals surface area contributed by atoms with E-state index in [1.165, 1.54) is 11.8 Å². The smallest absolute Gasteiger partial charge is 0.327 e. The van der Waals surface area contributed by atoms with Crippen molar-refractivity contribution >= 4 is 60.7 Å². The summed E-state index contributed by atoms with van der Waals surface area (Å²) in [4.78, 5) is 48.3. The highest BCUT2D eigenvalue weighted by Crippen LogP contribution is 2.07. The molecule has 0 spiro atoms. The van der Waals surface area contributed by atoms with E-state index in [2.05, 4.69) is 46.5 Å². The van der Waals surface area contributed by atoms with Crippen LogP contribution in [0.1, 0.15) is 19.3 Å². The number of aliphatic carboxylic acids is 1. The van der Waals surface area contributed by atoms with Crippen LogP contribution >= 0.6 is 37.0 Å². The number of rotatable bonds is 12. The van der Waals surface area contributed by atoms with Crippen LogP contribution in [0.5, 0.6) is 0 Å². The Kier molecular flexibility index (Phi) is 11.7. The molecule has 0 radical (unpaired) electrons. The van der Waals surface area contributed by atoms with Gasteiger partial charge in [-0.1, -0.05) is 0 Å². The third-order valence-corrected chi connectivity index (χ3v) is 5.61. The van der Waals surface area contributed by atoms with Gasteiger partial charge in [0.25, 0.3) is 0 Å². The number of carbonyl (C=O) groups is 4. The number of hydrogen-bond acceptors (Lipinski definition) is 8. The second-order valence-electron chi connectivity index (χ2n) is 6.32. The van der Waals surface area contributed by atoms with E-state index < -0.39 is 35.9 Å². The first-order chi connectivity index (χ1) is 13.3. The average molecular weight is 453 g/mol. The third-order valence-electron chi connectivity index (χ3n) is 4.23. The first-order valence-corrected chi connectivity index (χ1v) is 11.6. The summed E-state index contributed by atoms with van der Waals surface area (Å²) in [7, 11) is 0. The topological polar surface area (TPSA) is 137 Å². The van der Waals surface area contributed by atoms with Gasteiger partial charge in [-0.05, 0) is 37.8 Å². The molecule has 160 valence electrons. The summed E-state index contributed by atoms with van der Waals surface area (Å²) in [5.41, 5.74) is 0. The van der Waals surface area contributed by atoms with Gasteiger partial charge < -0.3 is 26.4 Å². The molecule has 1 fully saturated rings. The molecule has 3 amide bonds. The number of amides is 3. The summed E-state index contributed by atoms with van der Waals surface area (Å²) >= 11 is 9.50. The molecule has 4 unspecified atom stereocenters. The number of carboxylic acids is 1. The summed E-state index contributed by atoms with van der Waals surface area (Å²) in [5, 5.41) is 19.7. The Hall–Kier alpha value is -1.11. The highest BCUT2D eigenvalue weighted by molar-refractivity contribution is 7.98. The Labute approximate surface area is 179 Å².